The summed E-state index contributed by atoms with van der Waals surface area (Å²) < 4.78 is 0. The lowest BCUT2D eigenvalue weighted by Gasteiger charge is -2.09. The van der Waals surface area contributed by atoms with Crippen LogP contribution in [0, 0.1) is 10.1 Å². The molecule has 0 atom stereocenters. The number of pyridine rings is 1. The number of nitro benzene ring substituents is 1. The van der Waals surface area contributed by atoms with E-state index in [9.17, 15) is 14.9 Å². The third-order valence-corrected chi connectivity index (χ3v) is 2.71. The van der Waals surface area contributed by atoms with Gasteiger partial charge in [-0.1, -0.05) is 18.2 Å². The molecule has 0 unspecified atom stereocenters. The van der Waals surface area contributed by atoms with E-state index in [-0.39, 0.29) is 17.8 Å². The summed E-state index contributed by atoms with van der Waals surface area (Å²) in [4.78, 5) is 25.3. The summed E-state index contributed by atoms with van der Waals surface area (Å²) in [5, 5.41) is 22.8. The van der Waals surface area contributed by atoms with E-state index in [2.05, 4.69) is 10.3 Å². The fourth-order valence-corrected chi connectivity index (χ4v) is 1.75. The first-order valence-corrected chi connectivity index (χ1v) is 5.73. The van der Waals surface area contributed by atoms with E-state index in [4.69, 9.17) is 5.11 Å². The molecule has 0 fully saturated rings. The molecule has 0 spiro atoms. The van der Waals surface area contributed by atoms with Crippen molar-refractivity contribution in [3.63, 3.8) is 0 Å². The number of carbonyl (C=O) groups is 1. The maximum atomic E-state index is 11.0. The fraction of sp³-hybridized carbons (Fsp3) is 0.0769. The summed E-state index contributed by atoms with van der Waals surface area (Å²) in [7, 11) is 0. The molecule has 7 nitrogen and oxygen atoms in total. The molecule has 0 aliphatic heterocycles. The van der Waals surface area contributed by atoms with Gasteiger partial charge in [0, 0.05) is 24.4 Å². The van der Waals surface area contributed by atoms with Gasteiger partial charge in [-0.15, -0.1) is 0 Å². The van der Waals surface area contributed by atoms with Crippen molar-refractivity contribution in [1.82, 2.24) is 4.98 Å². The second kappa shape index (κ2) is 5.79. The smallest absolute Gasteiger partial charge is 0.337 e. The molecule has 0 amide bonds. The molecule has 1 aromatic heterocycles. The topological polar surface area (TPSA) is 105 Å². The number of nitrogens with one attached hydrogen (secondary N) is 1. The Morgan fingerprint density at radius 2 is 2.10 bits per heavy atom. The number of hydrogen-bond acceptors (Lipinski definition) is 5. The molecule has 2 N–H and O–H groups in total. The molecule has 0 bridgehead atoms. The van der Waals surface area contributed by atoms with Gasteiger partial charge in [-0.2, -0.15) is 0 Å². The van der Waals surface area contributed by atoms with Crippen LogP contribution in [0.15, 0.2) is 42.7 Å². The first-order chi connectivity index (χ1) is 9.59. The van der Waals surface area contributed by atoms with Crippen molar-refractivity contribution in [2.24, 2.45) is 0 Å². The monoisotopic (exact) mass is 273 g/mol. The van der Waals surface area contributed by atoms with Gasteiger partial charge in [-0.05, 0) is 6.07 Å². The Labute approximate surface area is 114 Å². The van der Waals surface area contributed by atoms with Crippen molar-refractivity contribution in [2.75, 3.05) is 5.32 Å². The molecule has 7 heteroatoms. The molecule has 0 aliphatic rings. The zero-order valence-electron chi connectivity index (χ0n) is 10.3. The van der Waals surface area contributed by atoms with E-state index in [1.807, 2.05) is 0 Å². The zero-order valence-corrected chi connectivity index (χ0v) is 10.3. The number of nitrogens with zero attached hydrogens (tertiary/aromatic N) is 2. The highest BCUT2D eigenvalue weighted by molar-refractivity contribution is 5.93. The quantitative estimate of drug-likeness (QED) is 0.639. The minimum atomic E-state index is -1.09. The van der Waals surface area contributed by atoms with Gasteiger partial charge in [-0.25, -0.2) is 4.79 Å². The molecule has 0 aliphatic carbocycles. The predicted octanol–water partition coefficient (Wildman–Crippen LogP) is 2.30. The standard InChI is InChI=1S/C13H11N3O4/c17-13(18)10-5-6-14-8-11(10)15-7-9-3-1-2-4-12(9)16(19)20/h1-6,8,15H,7H2,(H,17,18). The number of hydrogen-bond donors (Lipinski definition) is 2. The number of aromatic nitrogens is 1. The van der Waals surface area contributed by atoms with Gasteiger partial charge in [0.2, 0.25) is 0 Å². The van der Waals surface area contributed by atoms with Crippen LogP contribution in [-0.2, 0) is 6.54 Å². The van der Waals surface area contributed by atoms with Crippen LogP contribution in [0.5, 0.6) is 0 Å². The molecule has 20 heavy (non-hydrogen) atoms. The number of para-hydroxylation sites is 1. The minimum absolute atomic E-state index is 0.0132. The highest BCUT2D eigenvalue weighted by atomic mass is 16.6. The summed E-state index contributed by atoms with van der Waals surface area (Å²) >= 11 is 0. The van der Waals surface area contributed by atoms with Crippen molar-refractivity contribution < 1.29 is 14.8 Å². The van der Waals surface area contributed by atoms with Gasteiger partial charge >= 0.3 is 5.97 Å². The van der Waals surface area contributed by atoms with Gasteiger partial charge in [0.05, 0.1) is 22.4 Å². The third kappa shape index (κ3) is 2.89. The van der Waals surface area contributed by atoms with Crippen LogP contribution < -0.4 is 5.32 Å². The molecular formula is C13H11N3O4. The third-order valence-electron chi connectivity index (χ3n) is 2.71. The molecule has 102 valence electrons. The van der Waals surface area contributed by atoms with E-state index in [0.29, 0.717) is 11.3 Å². The predicted molar refractivity (Wildman–Crippen MR) is 71.6 cm³/mol. The molecule has 0 radical (unpaired) electrons. The average molecular weight is 273 g/mol. The molecule has 0 saturated heterocycles. The minimum Gasteiger partial charge on any atom is -0.478 e. The van der Waals surface area contributed by atoms with Crippen molar-refractivity contribution in [1.29, 1.82) is 0 Å². The number of rotatable bonds is 5. The molecule has 2 aromatic rings. The Balaban J connectivity index is 2.22. The summed E-state index contributed by atoms with van der Waals surface area (Å²) in [5.41, 5.74) is 0.843. The van der Waals surface area contributed by atoms with Crippen molar-refractivity contribution in [3.8, 4) is 0 Å². The highest BCUT2D eigenvalue weighted by Gasteiger charge is 2.14. The second-order valence-electron chi connectivity index (χ2n) is 3.97. The SMILES string of the molecule is O=C(O)c1ccncc1NCc1ccccc1[N+](=O)[O-]. The Kier molecular flexibility index (Phi) is 3.90. The number of anilines is 1. The van der Waals surface area contributed by atoms with Crippen LogP contribution in [0.2, 0.25) is 0 Å². The molecule has 2 rings (SSSR count). The van der Waals surface area contributed by atoms with Crippen LogP contribution in [0.25, 0.3) is 0 Å². The lowest BCUT2D eigenvalue weighted by Crippen LogP contribution is -2.08. The largest absolute Gasteiger partial charge is 0.478 e. The van der Waals surface area contributed by atoms with Gasteiger partial charge in [-0.3, -0.25) is 15.1 Å². The summed E-state index contributed by atoms with van der Waals surface area (Å²) in [6.45, 7) is 0.142. The maximum Gasteiger partial charge on any atom is 0.337 e. The summed E-state index contributed by atoms with van der Waals surface area (Å²) in [6.07, 6.45) is 2.75. The van der Waals surface area contributed by atoms with E-state index in [0.717, 1.165) is 0 Å². The lowest BCUT2D eigenvalue weighted by atomic mass is 10.1. The average Bonchev–Trinajstić information content (AvgIpc) is 2.45. The van der Waals surface area contributed by atoms with Crippen molar-refractivity contribution >= 4 is 17.3 Å². The van der Waals surface area contributed by atoms with E-state index < -0.39 is 10.9 Å². The van der Waals surface area contributed by atoms with Gasteiger partial charge in [0.15, 0.2) is 0 Å². The van der Waals surface area contributed by atoms with Crippen LogP contribution >= 0.6 is 0 Å². The Morgan fingerprint density at radius 3 is 2.80 bits per heavy atom. The molecule has 0 saturated carbocycles. The number of aromatic carboxylic acids is 1. The fourth-order valence-electron chi connectivity index (χ4n) is 1.75. The van der Waals surface area contributed by atoms with E-state index in [1.165, 1.54) is 24.5 Å². The summed E-state index contributed by atoms with van der Waals surface area (Å²) in [5.74, 6) is -1.09. The number of nitro groups is 1. The Hall–Kier alpha value is -2.96. The van der Waals surface area contributed by atoms with Crippen LogP contribution in [-0.4, -0.2) is 21.0 Å². The van der Waals surface area contributed by atoms with E-state index >= 15 is 0 Å². The van der Waals surface area contributed by atoms with Crippen LogP contribution in [0.1, 0.15) is 15.9 Å². The molecule has 1 heterocycles. The normalized spacial score (nSPS) is 10.0. The van der Waals surface area contributed by atoms with Crippen molar-refractivity contribution in [2.45, 2.75) is 6.54 Å². The summed E-state index contributed by atoms with van der Waals surface area (Å²) in [6, 6.07) is 7.64. The first kappa shape index (κ1) is 13.5. The van der Waals surface area contributed by atoms with E-state index in [1.54, 1.807) is 18.2 Å². The highest BCUT2D eigenvalue weighted by Crippen LogP contribution is 2.20. The number of benzene rings is 1. The maximum absolute atomic E-state index is 11.0. The Morgan fingerprint density at radius 1 is 1.35 bits per heavy atom. The molecular weight excluding hydrogens is 262 g/mol. The van der Waals surface area contributed by atoms with Crippen molar-refractivity contribution in [3.05, 3.63) is 64.0 Å². The lowest BCUT2D eigenvalue weighted by molar-refractivity contribution is -0.385. The van der Waals surface area contributed by atoms with Crippen LogP contribution in [0.4, 0.5) is 11.4 Å². The first-order valence-electron chi connectivity index (χ1n) is 5.73. The molecule has 1 aromatic carbocycles. The van der Waals surface area contributed by atoms with Crippen LogP contribution in [0.3, 0.4) is 0 Å². The van der Waals surface area contributed by atoms with Gasteiger partial charge in [0.1, 0.15) is 0 Å². The van der Waals surface area contributed by atoms with Gasteiger partial charge < -0.3 is 10.4 Å². The van der Waals surface area contributed by atoms with Gasteiger partial charge in [0.25, 0.3) is 5.69 Å². The number of carboxylic acid groups (broad SMARTS) is 1. The second-order valence-corrected chi connectivity index (χ2v) is 3.97. The number of carboxylic acids is 1. The zero-order chi connectivity index (χ0) is 14.5. The Bertz CT molecular complexity index is 600.